The zero-order valence-electron chi connectivity index (χ0n) is 14.6. The summed E-state index contributed by atoms with van der Waals surface area (Å²) in [6.07, 6.45) is -0.788. The maximum atomic E-state index is 13.4. The lowest BCUT2D eigenvalue weighted by atomic mass is 9.82. The number of benzene rings is 1. The number of ether oxygens (including phenoxy) is 1. The van der Waals surface area contributed by atoms with Crippen molar-refractivity contribution < 1.29 is 31.1 Å². The number of esters is 1. The van der Waals surface area contributed by atoms with Crippen molar-refractivity contribution in [3.05, 3.63) is 41.5 Å². The molecule has 2 bridgehead atoms. The summed E-state index contributed by atoms with van der Waals surface area (Å²) in [5.74, 6) is -2.23. The van der Waals surface area contributed by atoms with Gasteiger partial charge in [-0.05, 0) is 30.5 Å². The molecule has 28 heavy (non-hydrogen) atoms. The van der Waals surface area contributed by atoms with Crippen molar-refractivity contribution >= 4 is 21.7 Å². The van der Waals surface area contributed by atoms with Gasteiger partial charge in [0.1, 0.15) is 0 Å². The number of methoxy groups -OCH3 is 1. The van der Waals surface area contributed by atoms with E-state index in [0.717, 1.165) is 23.5 Å². The molecule has 1 saturated carbocycles. The van der Waals surface area contributed by atoms with E-state index in [0.29, 0.717) is 12.5 Å². The van der Waals surface area contributed by atoms with Crippen LogP contribution in [0.25, 0.3) is 0 Å². The molecule has 6 nitrogen and oxygen atoms in total. The molecule has 2 aliphatic carbocycles. The largest absolute Gasteiger partial charge is 0.468 e. The van der Waals surface area contributed by atoms with Crippen LogP contribution < -0.4 is 4.31 Å². The van der Waals surface area contributed by atoms with Crippen LogP contribution in [0, 0.1) is 29.1 Å². The van der Waals surface area contributed by atoms with E-state index < -0.39 is 49.9 Å². The molecule has 0 spiro atoms. The zero-order valence-corrected chi connectivity index (χ0v) is 15.4. The molecular weight excluding hydrogens is 397 g/mol. The monoisotopic (exact) mass is 412 g/mol. The standard InChI is InChI=1S/C18H15F3N2O4S/c1-27-16(24)17-12-4-2-10(6-12)15(17)9-23(28(17,25)26)13-5-3-11(8-22)14(7-13)18(19,20)21/h2-5,7,10,12,15H,6,9H2,1H3/t10-,12+,15+,17-/m1/s1. The van der Waals surface area contributed by atoms with Crippen LogP contribution in [0.5, 0.6) is 0 Å². The van der Waals surface area contributed by atoms with Gasteiger partial charge >= 0.3 is 12.1 Å². The summed E-state index contributed by atoms with van der Waals surface area (Å²) in [4.78, 5) is 12.6. The minimum atomic E-state index is -4.82. The molecule has 0 radical (unpaired) electrons. The third-order valence-electron chi connectivity index (χ3n) is 6.04. The second-order valence-corrected chi connectivity index (χ2v) is 9.22. The van der Waals surface area contributed by atoms with Crippen molar-refractivity contribution in [1.82, 2.24) is 0 Å². The van der Waals surface area contributed by atoms with E-state index in [-0.39, 0.29) is 18.2 Å². The molecule has 4 rings (SSSR count). The number of hydrogen-bond donors (Lipinski definition) is 0. The number of rotatable bonds is 2. The van der Waals surface area contributed by atoms with E-state index >= 15 is 0 Å². The lowest BCUT2D eigenvalue weighted by molar-refractivity contribution is -0.145. The Labute approximate surface area is 159 Å². The maximum Gasteiger partial charge on any atom is 0.417 e. The van der Waals surface area contributed by atoms with Gasteiger partial charge in [0.25, 0.3) is 10.0 Å². The number of nitrogens with zero attached hydrogens (tertiary/aromatic N) is 2. The summed E-state index contributed by atoms with van der Waals surface area (Å²) < 4.78 is 70.7. The Morgan fingerprint density at radius 3 is 2.68 bits per heavy atom. The average molecular weight is 412 g/mol. The highest BCUT2D eigenvalue weighted by Crippen LogP contribution is 2.60. The first kappa shape index (κ1) is 18.8. The zero-order chi connectivity index (χ0) is 20.5. The predicted octanol–water partition coefficient (Wildman–Crippen LogP) is 2.46. The number of nitriles is 1. The molecule has 148 valence electrons. The summed E-state index contributed by atoms with van der Waals surface area (Å²) in [5.41, 5.74) is -2.03. The Hall–Kier alpha value is -2.54. The lowest BCUT2D eigenvalue weighted by Gasteiger charge is -2.31. The fourth-order valence-electron chi connectivity index (χ4n) is 4.88. The number of sulfonamides is 1. The smallest absolute Gasteiger partial charge is 0.417 e. The minimum absolute atomic E-state index is 0.119. The van der Waals surface area contributed by atoms with E-state index in [1.54, 1.807) is 6.08 Å². The van der Waals surface area contributed by atoms with Crippen LogP contribution in [0.15, 0.2) is 30.4 Å². The SMILES string of the molecule is COC(=O)[C@@]12[C@H]3C=C[C@H](C3)[C@@H]1CN(c1ccc(C#N)c(C(F)(F)F)c1)S2(=O)=O. The van der Waals surface area contributed by atoms with Crippen molar-refractivity contribution in [2.24, 2.45) is 17.8 Å². The van der Waals surface area contributed by atoms with Crippen molar-refractivity contribution in [3.8, 4) is 6.07 Å². The van der Waals surface area contributed by atoms with Gasteiger partial charge in [-0.15, -0.1) is 0 Å². The highest BCUT2D eigenvalue weighted by Gasteiger charge is 2.74. The Morgan fingerprint density at radius 1 is 1.36 bits per heavy atom. The third-order valence-corrected chi connectivity index (χ3v) is 8.60. The van der Waals surface area contributed by atoms with Gasteiger partial charge in [0, 0.05) is 18.4 Å². The Balaban J connectivity index is 1.87. The van der Waals surface area contributed by atoms with Crippen LogP contribution in [0.2, 0.25) is 0 Å². The summed E-state index contributed by atoms with van der Waals surface area (Å²) >= 11 is 0. The highest BCUT2D eigenvalue weighted by atomic mass is 32.2. The van der Waals surface area contributed by atoms with E-state index in [1.807, 2.05) is 6.08 Å². The predicted molar refractivity (Wildman–Crippen MR) is 91.4 cm³/mol. The van der Waals surface area contributed by atoms with E-state index in [2.05, 4.69) is 0 Å². The first-order valence-electron chi connectivity index (χ1n) is 8.49. The van der Waals surface area contributed by atoms with Crippen molar-refractivity contribution in [2.75, 3.05) is 18.0 Å². The minimum Gasteiger partial charge on any atom is -0.468 e. The van der Waals surface area contributed by atoms with Gasteiger partial charge in [-0.2, -0.15) is 18.4 Å². The third kappa shape index (κ3) is 2.13. The fraction of sp³-hybridized carbons (Fsp3) is 0.444. The van der Waals surface area contributed by atoms with Gasteiger partial charge in [0.2, 0.25) is 0 Å². The molecule has 2 fully saturated rings. The number of alkyl halides is 3. The molecule has 1 saturated heterocycles. The Bertz CT molecular complexity index is 1040. The van der Waals surface area contributed by atoms with Gasteiger partial charge in [-0.1, -0.05) is 12.2 Å². The van der Waals surface area contributed by atoms with Crippen LogP contribution in [-0.4, -0.2) is 32.8 Å². The van der Waals surface area contributed by atoms with Gasteiger partial charge in [0.15, 0.2) is 4.75 Å². The number of halogens is 3. The summed E-state index contributed by atoms with van der Waals surface area (Å²) in [6, 6.07) is 4.22. The molecule has 1 aliphatic heterocycles. The second kappa shape index (κ2) is 5.73. The summed E-state index contributed by atoms with van der Waals surface area (Å²) in [6.45, 7) is -0.119. The van der Waals surface area contributed by atoms with Gasteiger partial charge in [-0.3, -0.25) is 9.10 Å². The molecular formula is C18H15F3N2O4S. The Kier molecular flexibility index (Phi) is 3.85. The molecule has 1 heterocycles. The molecule has 0 aromatic heterocycles. The first-order valence-corrected chi connectivity index (χ1v) is 9.93. The summed E-state index contributed by atoms with van der Waals surface area (Å²) in [7, 11) is -3.24. The number of fused-ring (bicyclic) bond motifs is 5. The molecule has 3 aliphatic rings. The van der Waals surface area contributed by atoms with E-state index in [4.69, 9.17) is 10.00 Å². The summed E-state index contributed by atoms with van der Waals surface area (Å²) in [5, 5.41) is 8.94. The first-order chi connectivity index (χ1) is 13.1. The topological polar surface area (TPSA) is 87.5 Å². The van der Waals surface area contributed by atoms with Crippen molar-refractivity contribution in [1.29, 1.82) is 5.26 Å². The van der Waals surface area contributed by atoms with E-state index in [1.165, 1.54) is 6.07 Å². The second-order valence-electron chi connectivity index (χ2n) is 7.16. The van der Waals surface area contributed by atoms with Crippen LogP contribution in [0.1, 0.15) is 17.5 Å². The van der Waals surface area contributed by atoms with E-state index in [9.17, 15) is 26.4 Å². The molecule has 1 aromatic carbocycles. The number of allylic oxidation sites excluding steroid dienone is 2. The quantitative estimate of drug-likeness (QED) is 0.550. The van der Waals surface area contributed by atoms with Crippen LogP contribution >= 0.6 is 0 Å². The molecule has 1 aromatic rings. The number of anilines is 1. The fourth-order valence-corrected chi connectivity index (χ4v) is 7.48. The van der Waals surface area contributed by atoms with Gasteiger partial charge in [-0.25, -0.2) is 8.42 Å². The molecule has 0 N–H and O–H groups in total. The molecule has 0 amide bonds. The van der Waals surface area contributed by atoms with Gasteiger partial charge < -0.3 is 4.74 Å². The van der Waals surface area contributed by atoms with Crippen LogP contribution in [-0.2, 0) is 25.7 Å². The molecule has 4 atom stereocenters. The molecule has 10 heteroatoms. The van der Waals surface area contributed by atoms with Crippen LogP contribution in [0.4, 0.5) is 18.9 Å². The average Bonchev–Trinajstić information content (AvgIpc) is 3.30. The number of hydrogen-bond acceptors (Lipinski definition) is 5. The van der Waals surface area contributed by atoms with Crippen LogP contribution in [0.3, 0.4) is 0 Å². The highest BCUT2D eigenvalue weighted by molar-refractivity contribution is 7.95. The molecule has 0 unspecified atom stereocenters. The lowest BCUT2D eigenvalue weighted by Crippen LogP contribution is -2.53. The maximum absolute atomic E-state index is 13.4. The van der Waals surface area contributed by atoms with Crippen molar-refractivity contribution in [3.63, 3.8) is 0 Å². The van der Waals surface area contributed by atoms with Gasteiger partial charge in [0.05, 0.1) is 30.0 Å². The van der Waals surface area contributed by atoms with Crippen molar-refractivity contribution in [2.45, 2.75) is 17.3 Å². The Morgan fingerprint density at radius 2 is 2.07 bits per heavy atom. The normalized spacial score (nSPS) is 32.2. The number of carbonyl (C=O) groups excluding carboxylic acids is 1. The number of carbonyl (C=O) groups is 1.